The quantitative estimate of drug-likeness (QED) is 0.631. The van der Waals surface area contributed by atoms with Crippen LogP contribution in [0.3, 0.4) is 0 Å². The fraction of sp³-hybridized carbons (Fsp3) is 0.364. The van der Waals surface area contributed by atoms with Crippen molar-refractivity contribution in [3.05, 3.63) is 58.1 Å². The maximum atomic E-state index is 12.5. The van der Waals surface area contributed by atoms with Crippen molar-refractivity contribution in [1.29, 1.82) is 0 Å². The standard InChI is InChI=1S/C22H25Cl2N3O4/c1-30-19-8-7-17(24)13-18(19)25-20(28)14-26-9-11-27(12-10-26)21(22(29)31-2)15-3-5-16(23)6-4-15/h3-8,13,21H,9-12,14H2,1-2H3,(H,25,28)/t21-/m0/s1. The van der Waals surface area contributed by atoms with E-state index in [1.807, 2.05) is 17.0 Å². The highest BCUT2D eigenvalue weighted by molar-refractivity contribution is 6.31. The van der Waals surface area contributed by atoms with E-state index in [0.29, 0.717) is 47.7 Å². The van der Waals surface area contributed by atoms with E-state index >= 15 is 0 Å². The Morgan fingerprint density at radius 1 is 1.00 bits per heavy atom. The Kier molecular flexibility index (Phi) is 8.15. The number of piperazine rings is 1. The fourth-order valence-electron chi connectivity index (χ4n) is 3.60. The summed E-state index contributed by atoms with van der Waals surface area (Å²) in [5.74, 6) is 0.0734. The number of ether oxygens (including phenoxy) is 2. The zero-order valence-electron chi connectivity index (χ0n) is 17.4. The molecule has 0 saturated carbocycles. The van der Waals surface area contributed by atoms with Gasteiger partial charge < -0.3 is 14.8 Å². The minimum atomic E-state index is -0.506. The van der Waals surface area contributed by atoms with Gasteiger partial charge in [0.2, 0.25) is 5.91 Å². The normalized spacial score (nSPS) is 15.9. The largest absolute Gasteiger partial charge is 0.495 e. The van der Waals surface area contributed by atoms with Crippen LogP contribution in [0.2, 0.25) is 10.0 Å². The number of hydrogen-bond donors (Lipinski definition) is 1. The molecule has 1 saturated heterocycles. The highest BCUT2D eigenvalue weighted by Crippen LogP contribution is 2.28. The lowest BCUT2D eigenvalue weighted by Gasteiger charge is -2.38. The Hall–Kier alpha value is -2.32. The van der Waals surface area contributed by atoms with Crippen LogP contribution in [0.4, 0.5) is 5.69 Å². The average molecular weight is 466 g/mol. The summed E-state index contributed by atoms with van der Waals surface area (Å²) in [6, 6.07) is 11.8. The number of halogens is 2. The molecule has 1 aliphatic rings. The minimum Gasteiger partial charge on any atom is -0.495 e. The molecule has 2 aromatic rings. The number of esters is 1. The van der Waals surface area contributed by atoms with Gasteiger partial charge in [0, 0.05) is 36.2 Å². The zero-order valence-corrected chi connectivity index (χ0v) is 18.9. The summed E-state index contributed by atoms with van der Waals surface area (Å²) in [7, 11) is 2.92. The van der Waals surface area contributed by atoms with Crippen molar-refractivity contribution in [2.24, 2.45) is 0 Å². The highest BCUT2D eigenvalue weighted by atomic mass is 35.5. The summed E-state index contributed by atoms with van der Waals surface area (Å²) in [5.41, 5.74) is 1.36. The van der Waals surface area contributed by atoms with Gasteiger partial charge in [-0.1, -0.05) is 35.3 Å². The van der Waals surface area contributed by atoms with Gasteiger partial charge in [-0.2, -0.15) is 0 Å². The Morgan fingerprint density at radius 2 is 1.65 bits per heavy atom. The molecule has 166 valence electrons. The van der Waals surface area contributed by atoms with E-state index in [2.05, 4.69) is 10.2 Å². The summed E-state index contributed by atoms with van der Waals surface area (Å²) < 4.78 is 10.3. The smallest absolute Gasteiger partial charge is 0.327 e. The van der Waals surface area contributed by atoms with Crippen molar-refractivity contribution in [1.82, 2.24) is 9.80 Å². The number of carbonyl (C=O) groups excluding carboxylic acids is 2. The molecule has 2 aromatic carbocycles. The number of amides is 1. The minimum absolute atomic E-state index is 0.156. The number of carbonyl (C=O) groups is 2. The van der Waals surface area contributed by atoms with Gasteiger partial charge in [-0.15, -0.1) is 0 Å². The summed E-state index contributed by atoms with van der Waals surface area (Å²) in [5, 5.41) is 3.98. The number of benzene rings is 2. The van der Waals surface area contributed by atoms with Crippen molar-refractivity contribution in [3.8, 4) is 5.75 Å². The van der Waals surface area contributed by atoms with Crippen LogP contribution in [0, 0.1) is 0 Å². The molecular formula is C22H25Cl2N3O4. The molecule has 1 atom stereocenters. The van der Waals surface area contributed by atoms with Crippen LogP contribution >= 0.6 is 23.2 Å². The van der Waals surface area contributed by atoms with Gasteiger partial charge >= 0.3 is 5.97 Å². The number of methoxy groups -OCH3 is 2. The Labute approximate surface area is 191 Å². The van der Waals surface area contributed by atoms with E-state index in [-0.39, 0.29) is 18.4 Å². The van der Waals surface area contributed by atoms with E-state index in [4.69, 9.17) is 32.7 Å². The maximum Gasteiger partial charge on any atom is 0.327 e. The van der Waals surface area contributed by atoms with E-state index < -0.39 is 6.04 Å². The molecule has 0 unspecified atom stereocenters. The Balaban J connectivity index is 1.59. The molecule has 9 heteroatoms. The Morgan fingerprint density at radius 3 is 2.26 bits per heavy atom. The molecule has 1 fully saturated rings. The maximum absolute atomic E-state index is 12.5. The van der Waals surface area contributed by atoms with Crippen LogP contribution < -0.4 is 10.1 Å². The average Bonchev–Trinajstić information content (AvgIpc) is 2.76. The molecule has 1 aliphatic heterocycles. The first-order valence-corrected chi connectivity index (χ1v) is 10.6. The molecule has 0 spiro atoms. The third-order valence-corrected chi connectivity index (χ3v) is 5.67. The van der Waals surface area contributed by atoms with Gasteiger partial charge in [-0.25, -0.2) is 4.79 Å². The second kappa shape index (κ2) is 10.8. The van der Waals surface area contributed by atoms with E-state index in [0.717, 1.165) is 5.56 Å². The van der Waals surface area contributed by atoms with Crippen molar-refractivity contribution in [2.75, 3.05) is 52.3 Å². The first-order chi connectivity index (χ1) is 14.9. The molecule has 0 radical (unpaired) electrons. The van der Waals surface area contributed by atoms with Gasteiger partial charge in [0.15, 0.2) is 0 Å². The van der Waals surface area contributed by atoms with Crippen molar-refractivity contribution in [2.45, 2.75) is 6.04 Å². The predicted molar refractivity (Wildman–Crippen MR) is 121 cm³/mol. The summed E-state index contributed by atoms with van der Waals surface area (Å²) in [6.45, 7) is 2.75. The molecule has 0 aromatic heterocycles. The monoisotopic (exact) mass is 465 g/mol. The van der Waals surface area contributed by atoms with Gasteiger partial charge in [0.1, 0.15) is 11.8 Å². The summed E-state index contributed by atoms with van der Waals surface area (Å²) in [6.07, 6.45) is 0. The van der Waals surface area contributed by atoms with E-state index in [1.54, 1.807) is 30.3 Å². The second-order valence-corrected chi connectivity index (χ2v) is 8.06. The molecule has 3 rings (SSSR count). The lowest BCUT2D eigenvalue weighted by molar-refractivity contribution is -0.148. The SMILES string of the molecule is COC(=O)[C@H](c1ccc(Cl)cc1)N1CCN(CC(=O)Nc2cc(Cl)ccc2OC)CC1. The Bertz CT molecular complexity index is 915. The molecule has 1 heterocycles. The first kappa shape index (κ1) is 23.3. The predicted octanol–water partition coefficient (Wildman–Crippen LogP) is 3.47. The zero-order chi connectivity index (χ0) is 22.4. The topological polar surface area (TPSA) is 71.1 Å². The van der Waals surface area contributed by atoms with E-state index in [9.17, 15) is 9.59 Å². The van der Waals surface area contributed by atoms with Gasteiger partial charge in [-0.05, 0) is 35.9 Å². The van der Waals surface area contributed by atoms with Crippen molar-refractivity contribution >= 4 is 40.8 Å². The lowest BCUT2D eigenvalue weighted by atomic mass is 10.0. The third-order valence-electron chi connectivity index (χ3n) is 5.19. The molecule has 0 bridgehead atoms. The molecule has 1 amide bonds. The molecule has 1 N–H and O–H groups in total. The van der Waals surface area contributed by atoms with Crippen molar-refractivity contribution < 1.29 is 19.1 Å². The van der Waals surface area contributed by atoms with Crippen LogP contribution in [0.15, 0.2) is 42.5 Å². The summed E-state index contributed by atoms with van der Waals surface area (Å²) in [4.78, 5) is 29.1. The number of rotatable bonds is 7. The molecule has 0 aliphatic carbocycles. The molecule has 7 nitrogen and oxygen atoms in total. The van der Waals surface area contributed by atoms with Crippen LogP contribution in [-0.2, 0) is 14.3 Å². The number of nitrogens with zero attached hydrogens (tertiary/aromatic N) is 2. The van der Waals surface area contributed by atoms with Gasteiger partial charge in [0.25, 0.3) is 0 Å². The van der Waals surface area contributed by atoms with E-state index in [1.165, 1.54) is 14.2 Å². The van der Waals surface area contributed by atoms with Gasteiger partial charge in [-0.3, -0.25) is 14.6 Å². The molecular weight excluding hydrogens is 441 g/mol. The lowest BCUT2D eigenvalue weighted by Crippen LogP contribution is -2.51. The number of nitrogens with one attached hydrogen (secondary N) is 1. The van der Waals surface area contributed by atoms with Crippen LogP contribution in [0.25, 0.3) is 0 Å². The fourth-order valence-corrected chi connectivity index (χ4v) is 3.90. The number of anilines is 1. The van der Waals surface area contributed by atoms with Crippen LogP contribution in [0.1, 0.15) is 11.6 Å². The highest BCUT2D eigenvalue weighted by Gasteiger charge is 2.31. The van der Waals surface area contributed by atoms with Crippen LogP contribution in [-0.4, -0.2) is 68.6 Å². The van der Waals surface area contributed by atoms with Crippen molar-refractivity contribution in [3.63, 3.8) is 0 Å². The number of hydrogen-bond acceptors (Lipinski definition) is 6. The molecule has 31 heavy (non-hydrogen) atoms. The first-order valence-electron chi connectivity index (χ1n) is 9.84. The summed E-state index contributed by atoms with van der Waals surface area (Å²) >= 11 is 12.0. The third kappa shape index (κ3) is 6.11. The second-order valence-electron chi connectivity index (χ2n) is 7.18. The van der Waals surface area contributed by atoms with Crippen LogP contribution in [0.5, 0.6) is 5.75 Å². The van der Waals surface area contributed by atoms with Gasteiger partial charge in [0.05, 0.1) is 26.5 Å².